The predicted molar refractivity (Wildman–Crippen MR) is 97.8 cm³/mol. The Morgan fingerprint density at radius 2 is 2.15 bits per heavy atom. The van der Waals surface area contributed by atoms with Crippen LogP contribution < -0.4 is 10.2 Å². The van der Waals surface area contributed by atoms with E-state index in [9.17, 15) is 8.78 Å². The van der Waals surface area contributed by atoms with Crippen LogP contribution in [-0.4, -0.2) is 51.2 Å². The molecule has 0 spiro atoms. The molecule has 142 valence electrons. The standard InChI is InChI=1S/C18H21F2N7/c1-21-8-12-3-2-6-26(10-12)17-7-14(23-11-24-17)15-9-22-16-5-4-13(18(19)20)25-27(15)16/h4-5,7,9,11-12,18,21H,2-3,6,8,10H2,1H3. The van der Waals surface area contributed by atoms with E-state index in [0.29, 0.717) is 23.0 Å². The van der Waals surface area contributed by atoms with Crippen molar-refractivity contribution in [1.29, 1.82) is 0 Å². The monoisotopic (exact) mass is 373 g/mol. The molecule has 1 N–H and O–H groups in total. The smallest absolute Gasteiger partial charge is 0.282 e. The van der Waals surface area contributed by atoms with E-state index < -0.39 is 6.43 Å². The SMILES string of the molecule is CNCC1CCCN(c2cc(-c3cnc4ccc(C(F)F)nn34)ncn2)C1. The average molecular weight is 373 g/mol. The molecule has 1 fully saturated rings. The predicted octanol–water partition coefficient (Wildman–Crippen LogP) is 2.56. The van der Waals surface area contributed by atoms with Gasteiger partial charge in [-0.05, 0) is 44.5 Å². The number of rotatable bonds is 5. The molecule has 3 aromatic rings. The highest BCUT2D eigenvalue weighted by atomic mass is 19.3. The number of imidazole rings is 1. The van der Waals surface area contributed by atoms with Crippen LogP contribution >= 0.6 is 0 Å². The Morgan fingerprint density at radius 1 is 1.26 bits per heavy atom. The molecular weight excluding hydrogens is 352 g/mol. The van der Waals surface area contributed by atoms with Gasteiger partial charge in [0.15, 0.2) is 5.65 Å². The number of hydrogen-bond donors (Lipinski definition) is 1. The number of nitrogens with zero attached hydrogens (tertiary/aromatic N) is 6. The third-order valence-electron chi connectivity index (χ3n) is 4.86. The van der Waals surface area contributed by atoms with Gasteiger partial charge in [-0.1, -0.05) is 0 Å². The zero-order valence-corrected chi connectivity index (χ0v) is 15.0. The van der Waals surface area contributed by atoms with Crippen molar-refractivity contribution in [3.8, 4) is 11.4 Å². The molecule has 9 heteroatoms. The van der Waals surface area contributed by atoms with Crippen LogP contribution in [0, 0.1) is 5.92 Å². The summed E-state index contributed by atoms with van der Waals surface area (Å²) in [5.74, 6) is 1.41. The summed E-state index contributed by atoms with van der Waals surface area (Å²) in [4.78, 5) is 15.2. The molecule has 0 aromatic carbocycles. The Hall–Kier alpha value is -2.68. The van der Waals surface area contributed by atoms with Gasteiger partial charge in [-0.25, -0.2) is 28.2 Å². The van der Waals surface area contributed by atoms with Gasteiger partial charge >= 0.3 is 0 Å². The summed E-state index contributed by atoms with van der Waals surface area (Å²) in [6.07, 6.45) is 2.78. The number of hydrogen-bond acceptors (Lipinski definition) is 6. The second-order valence-electron chi connectivity index (χ2n) is 6.75. The Balaban J connectivity index is 1.66. The third kappa shape index (κ3) is 3.59. The Labute approximate surface area is 155 Å². The van der Waals surface area contributed by atoms with Crippen LogP contribution in [0.3, 0.4) is 0 Å². The molecule has 1 aliphatic rings. The van der Waals surface area contributed by atoms with Gasteiger partial charge in [0.1, 0.15) is 23.5 Å². The number of halogens is 2. The Kier molecular flexibility index (Phi) is 4.93. The number of aromatic nitrogens is 5. The number of nitrogens with one attached hydrogen (secondary N) is 1. The molecule has 1 atom stereocenters. The van der Waals surface area contributed by atoms with Crippen molar-refractivity contribution in [2.75, 3.05) is 31.6 Å². The minimum absolute atomic E-state index is 0.290. The highest BCUT2D eigenvalue weighted by Gasteiger charge is 2.21. The summed E-state index contributed by atoms with van der Waals surface area (Å²) in [7, 11) is 1.97. The molecular formula is C18H21F2N7. The van der Waals surface area contributed by atoms with Gasteiger partial charge < -0.3 is 10.2 Å². The molecule has 0 radical (unpaired) electrons. The summed E-state index contributed by atoms with van der Waals surface area (Å²) in [5, 5.41) is 7.25. The second-order valence-corrected chi connectivity index (χ2v) is 6.75. The largest absolute Gasteiger partial charge is 0.356 e. The van der Waals surface area contributed by atoms with Crippen molar-refractivity contribution in [1.82, 2.24) is 29.9 Å². The molecule has 27 heavy (non-hydrogen) atoms. The fraction of sp³-hybridized carbons (Fsp3) is 0.444. The zero-order chi connectivity index (χ0) is 18.8. The first-order valence-corrected chi connectivity index (χ1v) is 9.00. The normalized spacial score (nSPS) is 17.8. The quantitative estimate of drug-likeness (QED) is 0.741. The van der Waals surface area contributed by atoms with Gasteiger partial charge in [0.25, 0.3) is 6.43 Å². The number of anilines is 1. The van der Waals surface area contributed by atoms with Crippen LogP contribution in [0.4, 0.5) is 14.6 Å². The van der Waals surface area contributed by atoms with E-state index in [0.717, 1.165) is 31.9 Å². The fourth-order valence-electron chi connectivity index (χ4n) is 3.57. The zero-order valence-electron chi connectivity index (χ0n) is 15.0. The summed E-state index contributed by atoms with van der Waals surface area (Å²) in [5.41, 5.74) is 1.39. The summed E-state index contributed by atoms with van der Waals surface area (Å²) >= 11 is 0. The molecule has 1 aliphatic heterocycles. The number of fused-ring (bicyclic) bond motifs is 1. The van der Waals surface area contributed by atoms with Crippen molar-refractivity contribution in [3.63, 3.8) is 0 Å². The molecule has 1 saturated heterocycles. The molecule has 7 nitrogen and oxygen atoms in total. The van der Waals surface area contributed by atoms with E-state index >= 15 is 0 Å². The van der Waals surface area contributed by atoms with Crippen molar-refractivity contribution >= 4 is 11.5 Å². The van der Waals surface area contributed by atoms with Crippen molar-refractivity contribution < 1.29 is 8.78 Å². The highest BCUT2D eigenvalue weighted by Crippen LogP contribution is 2.26. The Morgan fingerprint density at radius 3 is 2.96 bits per heavy atom. The van der Waals surface area contributed by atoms with E-state index in [-0.39, 0.29) is 5.69 Å². The highest BCUT2D eigenvalue weighted by molar-refractivity contribution is 5.62. The summed E-state index contributed by atoms with van der Waals surface area (Å²) < 4.78 is 27.4. The minimum Gasteiger partial charge on any atom is -0.356 e. The maximum Gasteiger partial charge on any atom is 0.282 e. The van der Waals surface area contributed by atoms with Gasteiger partial charge in [-0.15, -0.1) is 0 Å². The lowest BCUT2D eigenvalue weighted by atomic mass is 9.98. The van der Waals surface area contributed by atoms with E-state index in [1.54, 1.807) is 6.20 Å². The lowest BCUT2D eigenvalue weighted by molar-refractivity contribution is 0.144. The molecule has 0 amide bonds. The lowest BCUT2D eigenvalue weighted by Gasteiger charge is -2.33. The van der Waals surface area contributed by atoms with E-state index in [2.05, 4.69) is 30.3 Å². The van der Waals surface area contributed by atoms with Crippen LogP contribution in [0.25, 0.3) is 17.0 Å². The number of alkyl halides is 2. The molecule has 1 unspecified atom stereocenters. The van der Waals surface area contributed by atoms with Gasteiger partial charge in [-0.3, -0.25) is 0 Å². The van der Waals surface area contributed by atoms with E-state index in [1.807, 2.05) is 13.1 Å². The molecule has 4 rings (SSSR count). The minimum atomic E-state index is -2.64. The lowest BCUT2D eigenvalue weighted by Crippen LogP contribution is -2.39. The van der Waals surface area contributed by atoms with Crippen LogP contribution in [0.1, 0.15) is 25.0 Å². The molecule has 0 aliphatic carbocycles. The molecule has 3 aromatic heterocycles. The van der Waals surface area contributed by atoms with Crippen molar-refractivity contribution in [3.05, 3.63) is 36.4 Å². The maximum atomic E-state index is 13.0. The van der Waals surface area contributed by atoms with Crippen LogP contribution in [-0.2, 0) is 0 Å². The average Bonchev–Trinajstić information content (AvgIpc) is 3.12. The Bertz CT molecular complexity index is 925. The van der Waals surface area contributed by atoms with E-state index in [4.69, 9.17) is 0 Å². The molecule has 4 heterocycles. The van der Waals surface area contributed by atoms with Gasteiger partial charge in [0.2, 0.25) is 0 Å². The van der Waals surface area contributed by atoms with Crippen molar-refractivity contribution in [2.45, 2.75) is 19.3 Å². The second kappa shape index (κ2) is 7.51. The van der Waals surface area contributed by atoms with E-state index in [1.165, 1.54) is 29.4 Å². The first kappa shape index (κ1) is 17.7. The topological polar surface area (TPSA) is 71.2 Å². The molecule has 0 bridgehead atoms. The maximum absolute atomic E-state index is 13.0. The van der Waals surface area contributed by atoms with Gasteiger partial charge in [0, 0.05) is 19.2 Å². The van der Waals surface area contributed by atoms with Gasteiger partial charge in [-0.2, -0.15) is 5.10 Å². The summed E-state index contributed by atoms with van der Waals surface area (Å²) in [6.45, 7) is 2.85. The van der Waals surface area contributed by atoms with Crippen LogP contribution in [0.15, 0.2) is 30.7 Å². The summed E-state index contributed by atoms with van der Waals surface area (Å²) in [6, 6.07) is 4.70. The fourth-order valence-corrected chi connectivity index (χ4v) is 3.57. The first-order valence-electron chi connectivity index (χ1n) is 9.00. The number of piperidine rings is 1. The van der Waals surface area contributed by atoms with Crippen LogP contribution in [0.2, 0.25) is 0 Å². The third-order valence-corrected chi connectivity index (χ3v) is 4.86. The first-order chi connectivity index (χ1) is 13.2. The van der Waals surface area contributed by atoms with Gasteiger partial charge in [0.05, 0.1) is 11.9 Å². The van der Waals surface area contributed by atoms with Crippen LogP contribution in [0.5, 0.6) is 0 Å². The van der Waals surface area contributed by atoms with Crippen molar-refractivity contribution in [2.24, 2.45) is 5.92 Å². The molecule has 0 saturated carbocycles.